The van der Waals surface area contributed by atoms with Gasteiger partial charge in [-0.05, 0) is 43.0 Å². The van der Waals surface area contributed by atoms with Crippen LogP contribution in [0.15, 0.2) is 46.0 Å². The Balaban J connectivity index is 2.43. The third-order valence-corrected chi connectivity index (χ3v) is 4.81. The molecule has 0 aliphatic rings. The second-order valence-electron chi connectivity index (χ2n) is 7.85. The molecule has 0 aromatic heterocycles. The Bertz CT molecular complexity index is 998. The topological polar surface area (TPSA) is 90.3 Å². The molecule has 1 atom stereocenters. The molecule has 0 saturated heterocycles. The third kappa shape index (κ3) is 4.37. The van der Waals surface area contributed by atoms with E-state index in [0.29, 0.717) is 5.56 Å². The molecule has 0 heterocycles. The van der Waals surface area contributed by atoms with Gasteiger partial charge < -0.3 is 5.32 Å². The molecule has 0 aliphatic carbocycles. The summed E-state index contributed by atoms with van der Waals surface area (Å²) in [6.07, 6.45) is 2.95. The van der Waals surface area contributed by atoms with Gasteiger partial charge >= 0.3 is 0 Å². The molecule has 1 N–H and O–H groups in total. The minimum atomic E-state index is -0.671. The van der Waals surface area contributed by atoms with Gasteiger partial charge in [-0.3, -0.25) is 19.3 Å². The Morgan fingerprint density at radius 1 is 1.21 bits per heavy atom. The van der Waals surface area contributed by atoms with Crippen LogP contribution in [0.2, 0.25) is 0 Å². The minimum absolute atomic E-state index is 0.0804. The van der Waals surface area contributed by atoms with Crippen molar-refractivity contribution in [3.63, 3.8) is 0 Å². The lowest BCUT2D eigenvalue weighted by Crippen LogP contribution is -2.46. The highest BCUT2D eigenvalue weighted by Gasteiger charge is 2.31. The highest BCUT2D eigenvalue weighted by molar-refractivity contribution is 6.04. The van der Waals surface area contributed by atoms with Crippen LogP contribution in [0.1, 0.15) is 45.7 Å². The van der Waals surface area contributed by atoms with Gasteiger partial charge in [-0.25, -0.2) is 0 Å². The Morgan fingerprint density at radius 3 is 2.32 bits per heavy atom. The van der Waals surface area contributed by atoms with E-state index in [1.807, 2.05) is 33.8 Å². The van der Waals surface area contributed by atoms with Crippen LogP contribution in [0.3, 0.4) is 0 Å². The fourth-order valence-corrected chi connectivity index (χ4v) is 2.57. The minimum Gasteiger partial charge on any atom is -0.377 e. The largest absolute Gasteiger partial charge is 0.377 e. The second-order valence-corrected chi connectivity index (χ2v) is 7.85. The Hall–Kier alpha value is -3.20. The maximum absolute atomic E-state index is 12.6. The van der Waals surface area contributed by atoms with Gasteiger partial charge in [-0.1, -0.05) is 39.0 Å². The van der Waals surface area contributed by atoms with Gasteiger partial charge in [0.05, 0.1) is 18.2 Å². The van der Waals surface area contributed by atoms with Gasteiger partial charge in [0.1, 0.15) is 11.4 Å². The normalized spacial score (nSPS) is 12.7. The summed E-state index contributed by atoms with van der Waals surface area (Å²) in [5.41, 5.74) is 0.111. The first-order valence-electron chi connectivity index (χ1n) is 9.13. The number of nitrogens with one attached hydrogen (secondary N) is 1. The predicted octanol–water partition coefficient (Wildman–Crippen LogP) is 3.11. The van der Waals surface area contributed by atoms with Crippen LogP contribution in [0.5, 0.6) is 0 Å². The zero-order valence-electron chi connectivity index (χ0n) is 16.9. The van der Waals surface area contributed by atoms with E-state index >= 15 is 0 Å². The van der Waals surface area contributed by atoms with Crippen molar-refractivity contribution >= 4 is 17.3 Å². The van der Waals surface area contributed by atoms with Gasteiger partial charge in [0.15, 0.2) is 0 Å². The van der Waals surface area contributed by atoms with E-state index in [0.717, 1.165) is 5.56 Å². The Kier molecular flexibility index (Phi) is 6.19. The van der Waals surface area contributed by atoms with Gasteiger partial charge in [0.2, 0.25) is 0 Å². The van der Waals surface area contributed by atoms with Crippen LogP contribution in [-0.4, -0.2) is 11.9 Å². The van der Waals surface area contributed by atoms with Crippen LogP contribution in [0, 0.1) is 16.7 Å². The molecule has 0 spiro atoms. The number of anilines is 2. The molecule has 0 aliphatic heterocycles. The van der Waals surface area contributed by atoms with Crippen molar-refractivity contribution in [2.24, 2.45) is 5.41 Å². The standard InChI is InChI=1S/C22H25N3O3/c1-6-7-17(26)25(13-16-10-8-15(12-23)9-11-16)19-18(20(27)21(19)28)24-14(2)22(3,4)5/h6-11,14,24H,13H2,1-5H3/b7-6+. The molecular weight excluding hydrogens is 354 g/mol. The molecular formula is C22H25N3O3. The molecule has 0 fully saturated rings. The molecule has 2 aromatic rings. The van der Waals surface area contributed by atoms with Crippen molar-refractivity contribution in [3.8, 4) is 6.07 Å². The molecule has 1 unspecified atom stereocenters. The summed E-state index contributed by atoms with van der Waals surface area (Å²) in [5.74, 6) is -0.384. The lowest BCUT2D eigenvalue weighted by Gasteiger charge is -2.32. The van der Waals surface area contributed by atoms with Crippen LogP contribution in [-0.2, 0) is 11.3 Å². The van der Waals surface area contributed by atoms with E-state index in [1.165, 1.54) is 11.0 Å². The number of hydrogen-bond acceptors (Lipinski definition) is 5. The van der Waals surface area contributed by atoms with Crippen LogP contribution >= 0.6 is 0 Å². The van der Waals surface area contributed by atoms with Crippen LogP contribution < -0.4 is 21.1 Å². The summed E-state index contributed by atoms with van der Waals surface area (Å²) in [7, 11) is 0. The molecule has 1 amide bonds. The number of rotatable bonds is 6. The Labute approximate surface area is 164 Å². The molecule has 6 nitrogen and oxygen atoms in total. The maximum atomic E-state index is 12.6. The SMILES string of the molecule is C/C=C/C(=O)N(Cc1ccc(C#N)cc1)c1c(NC(C)C(C)(C)C)c(=O)c1=O. The van der Waals surface area contributed by atoms with Crippen molar-refractivity contribution < 1.29 is 4.79 Å². The number of amides is 1. The summed E-state index contributed by atoms with van der Waals surface area (Å²) in [6.45, 7) is 9.83. The maximum Gasteiger partial charge on any atom is 0.253 e. The first-order valence-corrected chi connectivity index (χ1v) is 9.13. The van der Waals surface area contributed by atoms with Crippen molar-refractivity contribution in [2.75, 3.05) is 10.2 Å². The quantitative estimate of drug-likeness (QED) is 0.615. The molecule has 0 bridgehead atoms. The monoisotopic (exact) mass is 379 g/mol. The van der Waals surface area contributed by atoms with Gasteiger partial charge in [0, 0.05) is 6.04 Å². The predicted molar refractivity (Wildman–Crippen MR) is 111 cm³/mol. The van der Waals surface area contributed by atoms with Crippen LogP contribution in [0.4, 0.5) is 11.4 Å². The molecule has 2 rings (SSSR count). The summed E-state index contributed by atoms with van der Waals surface area (Å²) in [6, 6.07) is 8.71. The molecule has 0 saturated carbocycles. The average Bonchev–Trinajstić information content (AvgIpc) is 2.66. The zero-order chi connectivity index (χ0) is 21.1. The van der Waals surface area contributed by atoms with E-state index in [2.05, 4.69) is 5.32 Å². The number of nitrogens with zero attached hydrogens (tertiary/aromatic N) is 2. The number of carbonyl (C=O) groups excluding carboxylic acids is 1. The summed E-state index contributed by atoms with van der Waals surface area (Å²) in [4.78, 5) is 38.5. The first kappa shape index (κ1) is 21.1. The van der Waals surface area contributed by atoms with Gasteiger partial charge in [0.25, 0.3) is 16.8 Å². The Morgan fingerprint density at radius 2 is 1.82 bits per heavy atom. The van der Waals surface area contributed by atoms with Crippen molar-refractivity contribution in [2.45, 2.75) is 47.2 Å². The number of allylic oxidation sites excluding steroid dienone is 1. The molecule has 2 aromatic carbocycles. The number of carbonyl (C=O) groups is 1. The zero-order valence-corrected chi connectivity index (χ0v) is 16.9. The van der Waals surface area contributed by atoms with Crippen molar-refractivity contribution in [3.05, 3.63) is 68.0 Å². The van der Waals surface area contributed by atoms with Crippen LogP contribution in [0.25, 0.3) is 0 Å². The molecule has 146 valence electrons. The van der Waals surface area contributed by atoms with Crippen molar-refractivity contribution in [1.29, 1.82) is 5.26 Å². The van der Waals surface area contributed by atoms with E-state index < -0.39 is 10.9 Å². The number of nitriles is 1. The van der Waals surface area contributed by atoms with Gasteiger partial charge in [-0.15, -0.1) is 0 Å². The summed E-state index contributed by atoms with van der Waals surface area (Å²) < 4.78 is 0. The first-order chi connectivity index (χ1) is 13.1. The fourth-order valence-electron chi connectivity index (χ4n) is 2.57. The summed E-state index contributed by atoms with van der Waals surface area (Å²) in [5, 5.41) is 12.0. The third-order valence-electron chi connectivity index (χ3n) is 4.81. The lowest BCUT2D eigenvalue weighted by molar-refractivity contribution is -0.114. The second kappa shape index (κ2) is 8.22. The molecule has 0 radical (unpaired) electrons. The smallest absolute Gasteiger partial charge is 0.253 e. The molecule has 28 heavy (non-hydrogen) atoms. The number of benzene rings is 1. The highest BCUT2D eigenvalue weighted by Crippen LogP contribution is 2.28. The average molecular weight is 379 g/mol. The van der Waals surface area contributed by atoms with E-state index in [1.54, 1.807) is 37.3 Å². The van der Waals surface area contributed by atoms with E-state index in [-0.39, 0.29) is 35.3 Å². The van der Waals surface area contributed by atoms with Gasteiger partial charge in [-0.2, -0.15) is 5.26 Å². The van der Waals surface area contributed by atoms with E-state index in [9.17, 15) is 14.4 Å². The number of hydrogen-bond donors (Lipinski definition) is 1. The van der Waals surface area contributed by atoms with E-state index in [4.69, 9.17) is 5.26 Å². The summed E-state index contributed by atoms with van der Waals surface area (Å²) >= 11 is 0. The lowest BCUT2D eigenvalue weighted by atomic mass is 9.87. The molecule has 6 heteroatoms. The van der Waals surface area contributed by atoms with Crippen molar-refractivity contribution in [1.82, 2.24) is 0 Å². The fraction of sp³-hybridized carbons (Fsp3) is 0.364. The highest BCUT2D eigenvalue weighted by atomic mass is 16.2.